The van der Waals surface area contributed by atoms with Crippen molar-refractivity contribution in [1.82, 2.24) is 19.9 Å². The van der Waals surface area contributed by atoms with Gasteiger partial charge >= 0.3 is 0 Å². The van der Waals surface area contributed by atoms with Crippen molar-refractivity contribution in [3.8, 4) is 11.4 Å². The fourth-order valence-electron chi connectivity index (χ4n) is 4.10. The Morgan fingerprint density at radius 2 is 1.90 bits per heavy atom. The smallest absolute Gasteiger partial charge is 0.261 e. The maximum atomic E-state index is 13.1. The number of benzene rings is 2. The molecule has 0 radical (unpaired) electrons. The summed E-state index contributed by atoms with van der Waals surface area (Å²) in [5, 5.41) is 5.03. The van der Waals surface area contributed by atoms with Gasteiger partial charge in [-0.05, 0) is 56.3 Å². The highest BCUT2D eigenvalue weighted by atomic mass is 35.5. The molecule has 0 aliphatic carbocycles. The van der Waals surface area contributed by atoms with E-state index in [-0.39, 0.29) is 5.56 Å². The summed E-state index contributed by atoms with van der Waals surface area (Å²) in [6.07, 6.45) is 2.52. The third-order valence-electron chi connectivity index (χ3n) is 5.53. The van der Waals surface area contributed by atoms with E-state index in [1.54, 1.807) is 6.07 Å². The van der Waals surface area contributed by atoms with Crippen LogP contribution in [0.1, 0.15) is 12.8 Å². The number of aromatic amines is 2. The molecule has 148 valence electrons. The fraction of sp³-hybridized carbons (Fsp3) is 0.273. The zero-order valence-electron chi connectivity index (χ0n) is 16.0. The first kappa shape index (κ1) is 18.2. The SMILES string of the molecule is O=c1[nH]c2cc(Cl)ccc2c(NCCN2CCCC2)c1-c1nc2ccccc2[nH]1. The third-order valence-corrected chi connectivity index (χ3v) is 5.77. The van der Waals surface area contributed by atoms with Crippen LogP contribution in [-0.4, -0.2) is 46.0 Å². The van der Waals surface area contributed by atoms with Gasteiger partial charge in [0.1, 0.15) is 11.4 Å². The summed E-state index contributed by atoms with van der Waals surface area (Å²) in [5.74, 6) is 0.563. The number of pyridine rings is 1. The van der Waals surface area contributed by atoms with Crippen LogP contribution in [0.25, 0.3) is 33.3 Å². The van der Waals surface area contributed by atoms with E-state index >= 15 is 0 Å². The molecule has 0 atom stereocenters. The summed E-state index contributed by atoms with van der Waals surface area (Å²) in [7, 11) is 0. The lowest BCUT2D eigenvalue weighted by atomic mass is 10.1. The molecule has 3 heterocycles. The molecule has 0 spiro atoms. The first-order chi connectivity index (χ1) is 14.2. The van der Waals surface area contributed by atoms with Gasteiger partial charge in [-0.15, -0.1) is 0 Å². The number of likely N-dealkylation sites (tertiary alicyclic amines) is 1. The second-order valence-corrected chi connectivity index (χ2v) is 7.91. The number of nitrogens with one attached hydrogen (secondary N) is 3. The second-order valence-electron chi connectivity index (χ2n) is 7.47. The van der Waals surface area contributed by atoms with Crippen molar-refractivity contribution in [2.45, 2.75) is 12.8 Å². The molecule has 7 heteroatoms. The van der Waals surface area contributed by atoms with E-state index in [1.807, 2.05) is 36.4 Å². The molecular weight excluding hydrogens is 386 g/mol. The van der Waals surface area contributed by atoms with Crippen molar-refractivity contribution in [3.05, 3.63) is 57.8 Å². The molecule has 1 saturated heterocycles. The van der Waals surface area contributed by atoms with Crippen LogP contribution >= 0.6 is 11.6 Å². The molecule has 0 bridgehead atoms. The minimum Gasteiger partial charge on any atom is -0.382 e. The van der Waals surface area contributed by atoms with Crippen LogP contribution in [0.5, 0.6) is 0 Å². The van der Waals surface area contributed by atoms with Gasteiger partial charge in [-0.2, -0.15) is 0 Å². The predicted molar refractivity (Wildman–Crippen MR) is 119 cm³/mol. The van der Waals surface area contributed by atoms with Crippen molar-refractivity contribution in [2.24, 2.45) is 0 Å². The van der Waals surface area contributed by atoms with Crippen LogP contribution in [0, 0.1) is 0 Å². The standard InChI is InChI=1S/C22H22ClN5O/c23-14-7-8-15-18(13-14)27-22(29)19(20(15)24-9-12-28-10-3-4-11-28)21-25-16-5-1-2-6-17(16)26-21/h1-2,5-8,13H,3-4,9-12H2,(H,25,26)(H2,24,27,29). The van der Waals surface area contributed by atoms with Gasteiger partial charge in [0, 0.05) is 23.5 Å². The van der Waals surface area contributed by atoms with Gasteiger partial charge in [-0.1, -0.05) is 23.7 Å². The normalized spacial score (nSPS) is 14.8. The van der Waals surface area contributed by atoms with Crippen LogP contribution < -0.4 is 10.9 Å². The average Bonchev–Trinajstić information content (AvgIpc) is 3.36. The summed E-state index contributed by atoms with van der Waals surface area (Å²) < 4.78 is 0. The Hall–Kier alpha value is -2.83. The van der Waals surface area contributed by atoms with Crippen molar-refractivity contribution in [1.29, 1.82) is 0 Å². The van der Waals surface area contributed by atoms with E-state index in [2.05, 4.69) is 25.2 Å². The Morgan fingerprint density at radius 1 is 1.07 bits per heavy atom. The van der Waals surface area contributed by atoms with Crippen molar-refractivity contribution in [3.63, 3.8) is 0 Å². The molecule has 0 amide bonds. The predicted octanol–water partition coefficient (Wildman–Crippen LogP) is 4.23. The van der Waals surface area contributed by atoms with Crippen LogP contribution in [-0.2, 0) is 0 Å². The van der Waals surface area contributed by atoms with Crippen molar-refractivity contribution in [2.75, 3.05) is 31.5 Å². The minimum atomic E-state index is -0.192. The number of imidazole rings is 1. The molecule has 2 aromatic carbocycles. The summed E-state index contributed by atoms with van der Waals surface area (Å²) in [6, 6.07) is 13.4. The first-order valence-electron chi connectivity index (χ1n) is 9.96. The summed E-state index contributed by atoms with van der Waals surface area (Å²) in [6.45, 7) is 3.99. The minimum absolute atomic E-state index is 0.192. The highest BCUT2D eigenvalue weighted by molar-refractivity contribution is 6.31. The molecule has 1 aliphatic heterocycles. The number of halogens is 1. The number of nitrogens with zero attached hydrogens (tertiary/aromatic N) is 2. The monoisotopic (exact) mass is 407 g/mol. The third kappa shape index (κ3) is 3.50. The number of aromatic nitrogens is 3. The largest absolute Gasteiger partial charge is 0.382 e. The topological polar surface area (TPSA) is 76.8 Å². The Morgan fingerprint density at radius 3 is 2.72 bits per heavy atom. The van der Waals surface area contributed by atoms with Crippen LogP contribution in [0.4, 0.5) is 5.69 Å². The number of rotatable bonds is 5. The van der Waals surface area contributed by atoms with E-state index in [4.69, 9.17) is 11.6 Å². The highest BCUT2D eigenvalue weighted by Gasteiger charge is 2.19. The molecule has 2 aromatic heterocycles. The maximum absolute atomic E-state index is 13.1. The highest BCUT2D eigenvalue weighted by Crippen LogP contribution is 2.31. The quantitative estimate of drug-likeness (QED) is 0.462. The van der Waals surface area contributed by atoms with Crippen LogP contribution in [0.3, 0.4) is 0 Å². The maximum Gasteiger partial charge on any atom is 0.261 e. The number of para-hydroxylation sites is 2. The number of hydrogen-bond donors (Lipinski definition) is 3. The van der Waals surface area contributed by atoms with Gasteiger partial charge in [0.15, 0.2) is 0 Å². The summed E-state index contributed by atoms with van der Waals surface area (Å²) in [4.78, 5) is 26.4. The molecule has 0 saturated carbocycles. The van der Waals surface area contributed by atoms with E-state index in [1.165, 1.54) is 12.8 Å². The molecule has 1 fully saturated rings. The number of anilines is 1. The van der Waals surface area contributed by atoms with Gasteiger partial charge in [0.2, 0.25) is 0 Å². The van der Waals surface area contributed by atoms with Crippen molar-refractivity contribution < 1.29 is 0 Å². The van der Waals surface area contributed by atoms with E-state index in [0.29, 0.717) is 21.9 Å². The molecule has 1 aliphatic rings. The zero-order chi connectivity index (χ0) is 19.8. The Kier molecular flexibility index (Phi) is 4.73. The van der Waals surface area contributed by atoms with E-state index < -0.39 is 0 Å². The second kappa shape index (κ2) is 7.54. The van der Waals surface area contributed by atoms with Gasteiger partial charge < -0.3 is 20.2 Å². The Balaban J connectivity index is 1.61. The molecule has 5 rings (SSSR count). The summed E-state index contributed by atoms with van der Waals surface area (Å²) in [5.41, 5.74) is 3.58. The Labute approximate surface area is 172 Å². The average molecular weight is 408 g/mol. The summed E-state index contributed by atoms with van der Waals surface area (Å²) >= 11 is 6.16. The number of H-pyrrole nitrogens is 2. The van der Waals surface area contributed by atoms with Crippen molar-refractivity contribution >= 4 is 39.2 Å². The molecule has 4 aromatic rings. The molecule has 29 heavy (non-hydrogen) atoms. The number of hydrogen-bond acceptors (Lipinski definition) is 4. The van der Waals surface area contributed by atoms with E-state index in [9.17, 15) is 4.79 Å². The Bertz CT molecular complexity index is 1210. The number of fused-ring (bicyclic) bond motifs is 2. The van der Waals surface area contributed by atoms with Gasteiger partial charge in [-0.25, -0.2) is 4.98 Å². The van der Waals surface area contributed by atoms with Gasteiger partial charge in [0.05, 0.1) is 22.2 Å². The van der Waals surface area contributed by atoms with Crippen LogP contribution in [0.2, 0.25) is 5.02 Å². The zero-order valence-corrected chi connectivity index (χ0v) is 16.7. The first-order valence-corrected chi connectivity index (χ1v) is 10.3. The molecular formula is C22H22ClN5O. The lowest BCUT2D eigenvalue weighted by Gasteiger charge is -2.18. The van der Waals surface area contributed by atoms with Gasteiger partial charge in [0.25, 0.3) is 5.56 Å². The molecule has 0 unspecified atom stereocenters. The van der Waals surface area contributed by atoms with Gasteiger partial charge in [-0.3, -0.25) is 4.79 Å². The lowest BCUT2D eigenvalue weighted by Crippen LogP contribution is -2.26. The fourth-order valence-corrected chi connectivity index (χ4v) is 4.27. The lowest BCUT2D eigenvalue weighted by molar-refractivity contribution is 0.353. The van der Waals surface area contributed by atoms with E-state index in [0.717, 1.165) is 48.3 Å². The van der Waals surface area contributed by atoms with Crippen LogP contribution in [0.15, 0.2) is 47.3 Å². The molecule has 3 N–H and O–H groups in total. The molecule has 6 nitrogen and oxygen atoms in total.